The second kappa shape index (κ2) is 5.95. The van der Waals surface area contributed by atoms with Crippen molar-refractivity contribution < 1.29 is 9.50 Å². The van der Waals surface area contributed by atoms with Crippen molar-refractivity contribution >= 4 is 0 Å². The normalized spacial score (nSPS) is 11.0. The van der Waals surface area contributed by atoms with Crippen molar-refractivity contribution in [3.8, 4) is 17.0 Å². The molecule has 0 fully saturated rings. The molecule has 0 amide bonds. The number of hydrogen-bond donors (Lipinski definition) is 2. The molecule has 21 heavy (non-hydrogen) atoms. The van der Waals surface area contributed by atoms with Gasteiger partial charge in [0.05, 0.1) is 0 Å². The van der Waals surface area contributed by atoms with Gasteiger partial charge in [0, 0.05) is 6.54 Å². The van der Waals surface area contributed by atoms with Crippen LogP contribution in [0.4, 0.5) is 4.39 Å². The van der Waals surface area contributed by atoms with E-state index in [9.17, 15) is 19.1 Å². The van der Waals surface area contributed by atoms with Crippen LogP contribution >= 0.6 is 0 Å². The SMILES string of the molecule is CC(C)CCn1c(O)c(-c2cccc(F)c2)c(=O)[nH]c1=O. The topological polar surface area (TPSA) is 75.1 Å². The maximum absolute atomic E-state index is 13.3. The van der Waals surface area contributed by atoms with Gasteiger partial charge in [-0.05, 0) is 30.0 Å². The highest BCUT2D eigenvalue weighted by molar-refractivity contribution is 5.67. The molecule has 0 bridgehead atoms. The molecule has 0 aliphatic carbocycles. The summed E-state index contributed by atoms with van der Waals surface area (Å²) in [6, 6.07) is 5.32. The van der Waals surface area contributed by atoms with Crippen molar-refractivity contribution in [1.29, 1.82) is 0 Å². The molecule has 0 atom stereocenters. The summed E-state index contributed by atoms with van der Waals surface area (Å²) in [5.41, 5.74) is -1.27. The molecular formula is C15H17FN2O3. The molecule has 0 aliphatic heterocycles. The van der Waals surface area contributed by atoms with E-state index in [1.165, 1.54) is 18.2 Å². The number of rotatable bonds is 4. The number of nitrogens with zero attached hydrogens (tertiary/aromatic N) is 1. The number of hydrogen-bond acceptors (Lipinski definition) is 3. The third-order valence-corrected chi connectivity index (χ3v) is 3.22. The Morgan fingerprint density at radius 1 is 1.33 bits per heavy atom. The first-order chi connectivity index (χ1) is 9.90. The van der Waals surface area contributed by atoms with E-state index in [4.69, 9.17) is 0 Å². The van der Waals surface area contributed by atoms with Crippen LogP contribution in [-0.2, 0) is 6.54 Å². The maximum Gasteiger partial charge on any atom is 0.331 e. The molecule has 2 aromatic rings. The van der Waals surface area contributed by atoms with E-state index >= 15 is 0 Å². The number of aromatic nitrogens is 2. The molecule has 1 aromatic heterocycles. The highest BCUT2D eigenvalue weighted by atomic mass is 19.1. The molecule has 0 saturated carbocycles. The zero-order chi connectivity index (χ0) is 15.6. The average molecular weight is 292 g/mol. The number of benzene rings is 1. The second-order valence-electron chi connectivity index (χ2n) is 5.30. The van der Waals surface area contributed by atoms with Crippen molar-refractivity contribution in [3.63, 3.8) is 0 Å². The molecule has 0 unspecified atom stereocenters. The minimum atomic E-state index is -0.733. The summed E-state index contributed by atoms with van der Waals surface area (Å²) >= 11 is 0. The highest BCUT2D eigenvalue weighted by Crippen LogP contribution is 2.24. The Labute approximate surface area is 120 Å². The van der Waals surface area contributed by atoms with Gasteiger partial charge in [-0.15, -0.1) is 0 Å². The molecule has 6 heteroatoms. The van der Waals surface area contributed by atoms with E-state index in [1.54, 1.807) is 0 Å². The lowest BCUT2D eigenvalue weighted by Crippen LogP contribution is -2.31. The lowest BCUT2D eigenvalue weighted by Gasteiger charge is -2.12. The molecule has 112 valence electrons. The summed E-state index contributed by atoms with van der Waals surface area (Å²) in [6.07, 6.45) is 0.669. The summed E-state index contributed by atoms with van der Waals surface area (Å²) in [5.74, 6) is -0.623. The van der Waals surface area contributed by atoms with Crippen LogP contribution in [0.25, 0.3) is 11.1 Å². The van der Waals surface area contributed by atoms with Gasteiger partial charge in [-0.25, -0.2) is 9.18 Å². The molecule has 2 N–H and O–H groups in total. The molecule has 2 rings (SSSR count). The van der Waals surface area contributed by atoms with Crippen LogP contribution in [0.15, 0.2) is 33.9 Å². The van der Waals surface area contributed by atoms with Crippen LogP contribution in [0.3, 0.4) is 0 Å². The zero-order valence-corrected chi connectivity index (χ0v) is 11.9. The Hall–Kier alpha value is -2.37. The quantitative estimate of drug-likeness (QED) is 0.906. The largest absolute Gasteiger partial charge is 0.494 e. The van der Waals surface area contributed by atoms with E-state index < -0.39 is 22.9 Å². The minimum absolute atomic E-state index is 0.0992. The summed E-state index contributed by atoms with van der Waals surface area (Å²) in [7, 11) is 0. The van der Waals surface area contributed by atoms with Gasteiger partial charge >= 0.3 is 5.69 Å². The lowest BCUT2D eigenvalue weighted by molar-refractivity contribution is 0.386. The maximum atomic E-state index is 13.3. The molecule has 0 saturated heterocycles. The van der Waals surface area contributed by atoms with Crippen LogP contribution < -0.4 is 11.2 Å². The van der Waals surface area contributed by atoms with Gasteiger partial charge < -0.3 is 5.11 Å². The van der Waals surface area contributed by atoms with Crippen molar-refractivity contribution in [2.24, 2.45) is 5.92 Å². The standard InChI is InChI=1S/C15H17FN2O3/c1-9(2)6-7-18-14(20)12(13(19)17-15(18)21)10-4-3-5-11(16)8-10/h3-5,8-9,20H,6-7H2,1-2H3,(H,17,19,21). The molecule has 0 spiro atoms. The van der Waals surface area contributed by atoms with Crippen molar-refractivity contribution in [2.45, 2.75) is 26.8 Å². The highest BCUT2D eigenvalue weighted by Gasteiger charge is 2.16. The van der Waals surface area contributed by atoms with Gasteiger partial charge in [0.25, 0.3) is 5.56 Å². The van der Waals surface area contributed by atoms with Crippen molar-refractivity contribution in [3.05, 3.63) is 50.9 Å². The second-order valence-corrected chi connectivity index (χ2v) is 5.30. The third-order valence-electron chi connectivity index (χ3n) is 3.22. The smallest absolute Gasteiger partial charge is 0.331 e. The van der Waals surface area contributed by atoms with Crippen LogP contribution in [0, 0.1) is 11.7 Å². The Bertz CT molecular complexity index is 762. The fourth-order valence-corrected chi connectivity index (χ4v) is 2.06. The van der Waals surface area contributed by atoms with Gasteiger partial charge in [0.15, 0.2) is 0 Å². The predicted octanol–water partition coefficient (Wildman–Crippen LogP) is 2.09. The first-order valence-electron chi connectivity index (χ1n) is 6.72. The predicted molar refractivity (Wildman–Crippen MR) is 77.8 cm³/mol. The van der Waals surface area contributed by atoms with Crippen LogP contribution in [0.1, 0.15) is 20.3 Å². The number of aromatic amines is 1. The zero-order valence-electron chi connectivity index (χ0n) is 11.9. The first kappa shape index (κ1) is 15.0. The Kier molecular flexibility index (Phi) is 4.26. The molecule has 5 nitrogen and oxygen atoms in total. The van der Waals surface area contributed by atoms with Gasteiger partial charge in [0.2, 0.25) is 5.88 Å². The van der Waals surface area contributed by atoms with Crippen molar-refractivity contribution in [2.75, 3.05) is 0 Å². The van der Waals surface area contributed by atoms with E-state index in [1.807, 2.05) is 13.8 Å². The fraction of sp³-hybridized carbons (Fsp3) is 0.333. The lowest BCUT2D eigenvalue weighted by atomic mass is 10.1. The summed E-state index contributed by atoms with van der Waals surface area (Å²) in [6.45, 7) is 4.25. The van der Waals surface area contributed by atoms with Crippen LogP contribution in [0.5, 0.6) is 5.88 Å². The van der Waals surface area contributed by atoms with Gasteiger partial charge in [-0.3, -0.25) is 14.3 Å². The Morgan fingerprint density at radius 2 is 2.05 bits per heavy atom. The summed E-state index contributed by atoms with van der Waals surface area (Å²) < 4.78 is 14.4. The van der Waals surface area contributed by atoms with Gasteiger partial charge in [0.1, 0.15) is 11.4 Å². The van der Waals surface area contributed by atoms with Crippen LogP contribution in [0.2, 0.25) is 0 Å². The molecular weight excluding hydrogens is 275 g/mol. The van der Waals surface area contributed by atoms with E-state index in [0.717, 1.165) is 10.6 Å². The van der Waals surface area contributed by atoms with E-state index in [0.29, 0.717) is 12.3 Å². The molecule has 1 heterocycles. The minimum Gasteiger partial charge on any atom is -0.494 e. The summed E-state index contributed by atoms with van der Waals surface area (Å²) in [4.78, 5) is 25.9. The van der Waals surface area contributed by atoms with Gasteiger partial charge in [-0.1, -0.05) is 26.0 Å². The Morgan fingerprint density at radius 3 is 2.67 bits per heavy atom. The van der Waals surface area contributed by atoms with Gasteiger partial charge in [-0.2, -0.15) is 0 Å². The van der Waals surface area contributed by atoms with E-state index in [-0.39, 0.29) is 17.7 Å². The van der Waals surface area contributed by atoms with Crippen molar-refractivity contribution in [1.82, 2.24) is 9.55 Å². The van der Waals surface area contributed by atoms with E-state index in [2.05, 4.69) is 4.98 Å². The number of H-pyrrole nitrogens is 1. The average Bonchev–Trinajstić information content (AvgIpc) is 2.37. The molecule has 0 aliphatic rings. The number of aromatic hydroxyl groups is 1. The number of nitrogens with one attached hydrogen (secondary N) is 1. The molecule has 0 radical (unpaired) electrons. The molecule has 1 aromatic carbocycles. The summed E-state index contributed by atoms with van der Waals surface area (Å²) in [5, 5.41) is 10.2. The monoisotopic (exact) mass is 292 g/mol. The Balaban J connectivity index is 2.59. The first-order valence-corrected chi connectivity index (χ1v) is 6.72. The number of halogens is 1. The van der Waals surface area contributed by atoms with Crippen LogP contribution in [-0.4, -0.2) is 14.7 Å². The fourth-order valence-electron chi connectivity index (χ4n) is 2.06. The third kappa shape index (κ3) is 3.21.